The molecule has 0 heterocycles. The van der Waals surface area contributed by atoms with Crippen LogP contribution in [0.4, 0.5) is 0 Å². The van der Waals surface area contributed by atoms with Crippen molar-refractivity contribution in [2.75, 3.05) is 13.6 Å². The van der Waals surface area contributed by atoms with Crippen molar-refractivity contribution in [1.82, 2.24) is 4.90 Å². The van der Waals surface area contributed by atoms with Gasteiger partial charge in [-0.15, -0.1) is 0 Å². The number of benzene rings is 2. The van der Waals surface area contributed by atoms with Crippen LogP contribution in [0.25, 0.3) is 0 Å². The van der Waals surface area contributed by atoms with E-state index in [0.717, 1.165) is 11.1 Å². The minimum atomic E-state index is -2.15. The molecule has 2 atom stereocenters. The highest BCUT2D eigenvalue weighted by Gasteiger charge is 2.41. The van der Waals surface area contributed by atoms with Crippen molar-refractivity contribution in [2.45, 2.75) is 56.4 Å². The van der Waals surface area contributed by atoms with Crippen LogP contribution in [0.15, 0.2) is 18.2 Å². The lowest BCUT2D eigenvalue weighted by molar-refractivity contribution is -0.272. The highest BCUT2D eigenvalue weighted by atomic mass is 35.5. The summed E-state index contributed by atoms with van der Waals surface area (Å²) in [6, 6.07) is 5.34. The third-order valence-corrected chi connectivity index (χ3v) is 7.26. The molecular weight excluding hydrogens is 447 g/mol. The summed E-state index contributed by atoms with van der Waals surface area (Å²) in [5.74, 6) is -5.37. The first-order valence-corrected chi connectivity index (χ1v) is 11.0. The number of halogens is 1. The molecule has 0 fully saturated rings. The van der Waals surface area contributed by atoms with Crippen molar-refractivity contribution in [3.05, 3.63) is 39.9 Å². The predicted octanol–water partition coefficient (Wildman–Crippen LogP) is 1.66. The van der Waals surface area contributed by atoms with Gasteiger partial charge in [0.2, 0.25) is 5.91 Å². The van der Waals surface area contributed by atoms with Gasteiger partial charge in [0.1, 0.15) is 13.6 Å². The Hall–Kier alpha value is -2.17. The van der Waals surface area contributed by atoms with E-state index in [4.69, 9.17) is 25.2 Å². The molecule has 10 heteroatoms. The number of hydrogen-bond donors (Lipinski definition) is 7. The summed E-state index contributed by atoms with van der Waals surface area (Å²) >= 11 is 6.26. The van der Waals surface area contributed by atoms with E-state index in [9.17, 15) is 30.6 Å². The Balaban J connectivity index is 1.97. The standard InChI is InChI=1S/C23H30BClN2O6/c1-22(2,27(3)23(32,33)10-26)7-6-11-8-15(13-5-4-12(25)9-14(11)13)16-18(28)17(24)20(30)21(31)19(16)29/h4-5,9,11,15,28-33H,6-8,10,26H2,1-3H3/t11-,15-/m1/s1. The molecule has 2 aromatic carbocycles. The van der Waals surface area contributed by atoms with Gasteiger partial charge in [0.25, 0.3) is 0 Å². The number of nitrogens with two attached hydrogens (primary N) is 1. The molecule has 2 aromatic rings. The number of aromatic hydroxyl groups is 4. The highest BCUT2D eigenvalue weighted by molar-refractivity contribution is 6.36. The number of fused-ring (bicyclic) bond motifs is 1. The molecule has 0 spiro atoms. The summed E-state index contributed by atoms with van der Waals surface area (Å²) in [6.45, 7) is 3.41. The molecule has 0 bridgehead atoms. The van der Waals surface area contributed by atoms with Crippen molar-refractivity contribution in [3.8, 4) is 23.0 Å². The Morgan fingerprint density at radius 3 is 2.30 bits per heavy atom. The largest absolute Gasteiger partial charge is 0.508 e. The quantitative estimate of drug-likeness (QED) is 0.138. The van der Waals surface area contributed by atoms with Crippen molar-refractivity contribution >= 4 is 24.9 Å². The summed E-state index contributed by atoms with van der Waals surface area (Å²) in [5, 5.41) is 62.0. The van der Waals surface area contributed by atoms with Crippen LogP contribution in [0.5, 0.6) is 23.0 Å². The smallest absolute Gasteiger partial charge is 0.238 e. The number of rotatable bonds is 7. The van der Waals surface area contributed by atoms with E-state index in [1.54, 1.807) is 19.2 Å². The second kappa shape index (κ2) is 8.89. The number of hydrogen-bond acceptors (Lipinski definition) is 8. The molecule has 0 saturated carbocycles. The van der Waals surface area contributed by atoms with Crippen molar-refractivity contribution in [1.29, 1.82) is 0 Å². The van der Waals surface area contributed by atoms with Crippen LogP contribution in [0, 0.1) is 0 Å². The summed E-state index contributed by atoms with van der Waals surface area (Å²) in [6.07, 6.45) is 1.67. The van der Waals surface area contributed by atoms with E-state index in [2.05, 4.69) is 0 Å². The van der Waals surface area contributed by atoms with Gasteiger partial charge in [0.05, 0.1) is 6.54 Å². The molecule has 1 aliphatic carbocycles. The Morgan fingerprint density at radius 1 is 1.06 bits per heavy atom. The number of nitrogens with zero attached hydrogens (tertiary/aromatic N) is 1. The van der Waals surface area contributed by atoms with Crippen LogP contribution < -0.4 is 11.2 Å². The molecule has 178 valence electrons. The Labute approximate surface area is 199 Å². The van der Waals surface area contributed by atoms with Gasteiger partial charge in [-0.3, -0.25) is 0 Å². The molecule has 3 rings (SSSR count). The molecule has 0 aliphatic heterocycles. The summed E-state index contributed by atoms with van der Waals surface area (Å²) in [7, 11) is 7.34. The molecule has 0 amide bonds. The number of phenols is 4. The molecule has 0 unspecified atom stereocenters. The summed E-state index contributed by atoms with van der Waals surface area (Å²) < 4.78 is 0. The van der Waals surface area contributed by atoms with Crippen LogP contribution in [-0.4, -0.2) is 68.4 Å². The first kappa shape index (κ1) is 25.5. The monoisotopic (exact) mass is 476 g/mol. The first-order chi connectivity index (χ1) is 15.2. The predicted molar refractivity (Wildman–Crippen MR) is 126 cm³/mol. The first-order valence-electron chi connectivity index (χ1n) is 10.7. The van der Waals surface area contributed by atoms with E-state index < -0.39 is 45.8 Å². The third-order valence-electron chi connectivity index (χ3n) is 7.03. The van der Waals surface area contributed by atoms with Crippen molar-refractivity contribution < 1.29 is 30.6 Å². The average molecular weight is 477 g/mol. The zero-order valence-corrected chi connectivity index (χ0v) is 19.6. The second-order valence-corrected chi connectivity index (χ2v) is 9.81. The van der Waals surface area contributed by atoms with Gasteiger partial charge in [-0.25, -0.2) is 4.90 Å². The van der Waals surface area contributed by atoms with Crippen molar-refractivity contribution in [2.24, 2.45) is 5.73 Å². The molecule has 0 saturated heterocycles. The number of phenolic OH excluding ortho intramolecular Hbond substituents is 4. The molecule has 33 heavy (non-hydrogen) atoms. The molecule has 8 N–H and O–H groups in total. The minimum absolute atomic E-state index is 0.0399. The lowest BCUT2D eigenvalue weighted by Gasteiger charge is -2.43. The van der Waals surface area contributed by atoms with E-state index in [0.29, 0.717) is 24.3 Å². The fourth-order valence-electron chi connectivity index (χ4n) is 4.69. The van der Waals surface area contributed by atoms with Gasteiger partial charge in [-0.2, -0.15) is 0 Å². The van der Waals surface area contributed by atoms with Gasteiger partial charge in [0, 0.05) is 22.0 Å². The van der Waals surface area contributed by atoms with E-state index in [1.807, 2.05) is 19.9 Å². The third kappa shape index (κ3) is 4.48. The lowest BCUT2D eigenvalue weighted by atomic mass is 9.83. The van der Waals surface area contributed by atoms with Crippen LogP contribution in [-0.2, 0) is 0 Å². The maximum Gasteiger partial charge on any atom is 0.238 e. The Bertz CT molecular complexity index is 1030. The minimum Gasteiger partial charge on any atom is -0.508 e. The van der Waals surface area contributed by atoms with E-state index in [-0.39, 0.29) is 18.0 Å². The topological polar surface area (TPSA) is 151 Å². The van der Waals surface area contributed by atoms with Gasteiger partial charge < -0.3 is 36.4 Å². The number of likely N-dealkylation sites (N-methyl/N-ethyl adjacent to an activating group) is 1. The Kier molecular flexibility index (Phi) is 6.86. The zero-order valence-electron chi connectivity index (χ0n) is 18.9. The van der Waals surface area contributed by atoms with Crippen LogP contribution in [0.1, 0.15) is 61.6 Å². The molecule has 1 aliphatic rings. The zero-order chi connectivity index (χ0) is 24.9. The van der Waals surface area contributed by atoms with Crippen LogP contribution >= 0.6 is 11.6 Å². The van der Waals surface area contributed by atoms with E-state index >= 15 is 0 Å². The molecule has 2 radical (unpaired) electrons. The SMILES string of the molecule is [B]c1c(O)c(O)c(O)c([C@@H]2C[C@@H](CCC(C)(C)N(C)C(O)(O)CN)c3cc(Cl)ccc32)c1O. The maximum atomic E-state index is 10.6. The van der Waals surface area contributed by atoms with Crippen molar-refractivity contribution in [3.63, 3.8) is 0 Å². The van der Waals surface area contributed by atoms with Crippen LogP contribution in [0.2, 0.25) is 5.02 Å². The normalized spacial score (nSPS) is 18.7. The molecular formula is C23H30BClN2O6. The van der Waals surface area contributed by atoms with Gasteiger partial charge in [-0.05, 0) is 74.8 Å². The fourth-order valence-corrected chi connectivity index (χ4v) is 4.87. The number of aliphatic hydroxyl groups is 2. The highest BCUT2D eigenvalue weighted by Crippen LogP contribution is 2.54. The maximum absolute atomic E-state index is 10.6. The summed E-state index contributed by atoms with van der Waals surface area (Å²) in [5.41, 5.74) is 6.24. The van der Waals surface area contributed by atoms with Crippen LogP contribution in [0.3, 0.4) is 0 Å². The van der Waals surface area contributed by atoms with E-state index in [1.165, 1.54) is 4.90 Å². The van der Waals surface area contributed by atoms with Gasteiger partial charge >= 0.3 is 0 Å². The van der Waals surface area contributed by atoms with Gasteiger partial charge in [0.15, 0.2) is 17.2 Å². The second-order valence-electron chi connectivity index (χ2n) is 9.37. The fraction of sp³-hybridized carbons (Fsp3) is 0.478. The lowest BCUT2D eigenvalue weighted by Crippen LogP contribution is -2.60. The van der Waals surface area contributed by atoms with Gasteiger partial charge in [-0.1, -0.05) is 17.7 Å². The molecule has 8 nitrogen and oxygen atoms in total. The average Bonchev–Trinajstić information content (AvgIpc) is 3.11. The molecule has 0 aromatic heterocycles. The summed E-state index contributed by atoms with van der Waals surface area (Å²) in [4.78, 5) is 1.42. The Morgan fingerprint density at radius 2 is 1.70 bits per heavy atom.